The van der Waals surface area contributed by atoms with Crippen molar-refractivity contribution in [1.29, 1.82) is 0 Å². The molecule has 3 heterocycles. The molecule has 3 aromatic rings. The number of hydrogen-bond donors (Lipinski definition) is 1. The first-order chi connectivity index (χ1) is 10.0. The van der Waals surface area contributed by atoms with Crippen LogP contribution >= 0.6 is 0 Å². The van der Waals surface area contributed by atoms with Gasteiger partial charge in [0.2, 0.25) is 0 Å². The molecule has 8 heteroatoms. The number of aliphatic carboxylic acids is 1. The number of rotatable bonds is 4. The Hall–Kier alpha value is -2.77. The summed E-state index contributed by atoms with van der Waals surface area (Å²) >= 11 is 0. The minimum Gasteiger partial charge on any atom is -0.481 e. The lowest BCUT2D eigenvalue weighted by molar-refractivity contribution is -0.136. The van der Waals surface area contributed by atoms with Gasteiger partial charge in [0.05, 0.1) is 0 Å². The Morgan fingerprint density at radius 1 is 1.43 bits per heavy atom. The number of hydrogen-bond acceptors (Lipinski definition) is 6. The molecule has 0 unspecified atom stereocenters. The van der Waals surface area contributed by atoms with Crippen LogP contribution in [0.15, 0.2) is 22.9 Å². The summed E-state index contributed by atoms with van der Waals surface area (Å²) in [6, 6.07) is 3.50. The van der Waals surface area contributed by atoms with E-state index in [2.05, 4.69) is 20.3 Å². The normalized spacial score (nSPS) is 11.4. The predicted octanol–water partition coefficient (Wildman–Crippen LogP) is 1.53. The average molecular weight is 287 g/mol. The van der Waals surface area contributed by atoms with E-state index in [9.17, 15) is 4.79 Å². The van der Waals surface area contributed by atoms with E-state index in [0.29, 0.717) is 23.2 Å². The highest BCUT2D eigenvalue weighted by molar-refractivity contribution is 5.69. The minimum atomic E-state index is -0.952. The van der Waals surface area contributed by atoms with E-state index >= 15 is 0 Å². The van der Waals surface area contributed by atoms with Gasteiger partial charge in [-0.1, -0.05) is 19.0 Å². The highest BCUT2D eigenvalue weighted by atomic mass is 16.5. The van der Waals surface area contributed by atoms with Gasteiger partial charge in [0.15, 0.2) is 11.5 Å². The maximum atomic E-state index is 10.8. The van der Waals surface area contributed by atoms with Crippen molar-refractivity contribution < 1.29 is 14.4 Å². The lowest BCUT2D eigenvalue weighted by Gasteiger charge is -1.98. The fourth-order valence-corrected chi connectivity index (χ4v) is 1.92. The van der Waals surface area contributed by atoms with Crippen LogP contribution in [0.3, 0.4) is 0 Å². The van der Waals surface area contributed by atoms with Crippen LogP contribution in [0.4, 0.5) is 0 Å². The van der Waals surface area contributed by atoms with E-state index in [1.54, 1.807) is 22.7 Å². The topological polar surface area (TPSA) is 106 Å². The second-order valence-corrected chi connectivity index (χ2v) is 4.94. The van der Waals surface area contributed by atoms with E-state index in [1.165, 1.54) is 0 Å². The summed E-state index contributed by atoms with van der Waals surface area (Å²) in [4.78, 5) is 15.1. The maximum Gasteiger partial charge on any atom is 0.311 e. The third kappa shape index (κ3) is 2.47. The van der Waals surface area contributed by atoms with Gasteiger partial charge < -0.3 is 9.63 Å². The number of nitrogens with zero attached hydrogens (tertiary/aromatic N) is 5. The molecule has 108 valence electrons. The lowest BCUT2D eigenvalue weighted by Crippen LogP contribution is -2.04. The predicted molar refractivity (Wildman–Crippen MR) is 71.7 cm³/mol. The van der Waals surface area contributed by atoms with Gasteiger partial charge in [-0.25, -0.2) is 0 Å². The number of carboxylic acid groups (broad SMARTS) is 1. The summed E-state index contributed by atoms with van der Waals surface area (Å²) in [5.41, 5.74) is 1.25. The van der Waals surface area contributed by atoms with E-state index < -0.39 is 5.97 Å². The zero-order valence-electron chi connectivity index (χ0n) is 11.5. The molecule has 0 aromatic carbocycles. The van der Waals surface area contributed by atoms with Crippen LogP contribution in [0.25, 0.3) is 17.1 Å². The first-order valence-electron chi connectivity index (χ1n) is 6.44. The smallest absolute Gasteiger partial charge is 0.311 e. The largest absolute Gasteiger partial charge is 0.481 e. The second-order valence-electron chi connectivity index (χ2n) is 4.94. The van der Waals surface area contributed by atoms with Gasteiger partial charge in [0, 0.05) is 17.7 Å². The molecule has 21 heavy (non-hydrogen) atoms. The maximum absolute atomic E-state index is 10.8. The van der Waals surface area contributed by atoms with Gasteiger partial charge in [-0.05, 0) is 12.1 Å². The lowest BCUT2D eigenvalue weighted by atomic mass is 10.2. The molecule has 0 bridgehead atoms. The van der Waals surface area contributed by atoms with Crippen molar-refractivity contribution in [3.05, 3.63) is 30.0 Å². The number of pyridine rings is 1. The van der Waals surface area contributed by atoms with Crippen LogP contribution in [0.1, 0.15) is 31.4 Å². The molecule has 0 spiro atoms. The van der Waals surface area contributed by atoms with Crippen LogP contribution < -0.4 is 0 Å². The highest BCUT2D eigenvalue weighted by Crippen LogP contribution is 2.21. The Kier molecular flexibility index (Phi) is 3.13. The third-order valence-corrected chi connectivity index (χ3v) is 2.99. The first-order valence-corrected chi connectivity index (χ1v) is 6.44. The summed E-state index contributed by atoms with van der Waals surface area (Å²) in [6.45, 7) is 3.96. The van der Waals surface area contributed by atoms with Crippen LogP contribution in [0.2, 0.25) is 0 Å². The number of carboxylic acids is 1. The molecule has 0 fully saturated rings. The Labute approximate surface area is 119 Å². The van der Waals surface area contributed by atoms with E-state index in [4.69, 9.17) is 9.63 Å². The molecule has 3 aromatic heterocycles. The Morgan fingerprint density at radius 3 is 2.90 bits per heavy atom. The van der Waals surface area contributed by atoms with Crippen LogP contribution in [-0.4, -0.2) is 35.8 Å². The van der Waals surface area contributed by atoms with Crippen molar-refractivity contribution in [3.8, 4) is 11.5 Å². The molecule has 0 saturated heterocycles. The molecule has 0 radical (unpaired) electrons. The Morgan fingerprint density at radius 2 is 2.24 bits per heavy atom. The Bertz CT molecular complexity index is 805. The molecule has 8 nitrogen and oxygen atoms in total. The summed E-state index contributed by atoms with van der Waals surface area (Å²) in [6.07, 6.45) is 1.51. The highest BCUT2D eigenvalue weighted by Gasteiger charge is 2.14. The molecule has 0 aliphatic heterocycles. The Balaban J connectivity index is 1.99. The minimum absolute atomic E-state index is 0.182. The van der Waals surface area contributed by atoms with Crippen molar-refractivity contribution in [3.63, 3.8) is 0 Å². The van der Waals surface area contributed by atoms with Gasteiger partial charge in [0.1, 0.15) is 12.2 Å². The van der Waals surface area contributed by atoms with Gasteiger partial charge in [-0.2, -0.15) is 4.98 Å². The summed E-state index contributed by atoms with van der Waals surface area (Å²) in [7, 11) is 0. The number of fused-ring (bicyclic) bond motifs is 1. The van der Waals surface area contributed by atoms with Crippen LogP contribution in [-0.2, 0) is 11.2 Å². The molecular weight excluding hydrogens is 274 g/mol. The zero-order valence-corrected chi connectivity index (χ0v) is 11.5. The number of aromatic nitrogens is 5. The van der Waals surface area contributed by atoms with Crippen LogP contribution in [0.5, 0.6) is 0 Å². The fourth-order valence-electron chi connectivity index (χ4n) is 1.92. The number of carbonyl (C=O) groups is 1. The summed E-state index contributed by atoms with van der Waals surface area (Å²) in [5, 5.41) is 20.6. The van der Waals surface area contributed by atoms with Gasteiger partial charge in [-0.15, -0.1) is 10.2 Å². The third-order valence-electron chi connectivity index (χ3n) is 2.99. The summed E-state index contributed by atoms with van der Waals surface area (Å²) in [5.74, 6) is 0.646. The molecule has 0 atom stereocenters. The van der Waals surface area contributed by atoms with E-state index in [0.717, 1.165) is 5.56 Å². The van der Waals surface area contributed by atoms with Gasteiger partial charge >= 0.3 is 5.97 Å². The monoisotopic (exact) mass is 287 g/mol. The molecule has 0 amide bonds. The second kappa shape index (κ2) is 4.97. The van der Waals surface area contributed by atoms with Crippen LogP contribution in [0, 0.1) is 0 Å². The molecule has 0 aliphatic carbocycles. The van der Waals surface area contributed by atoms with Gasteiger partial charge in [-0.3, -0.25) is 9.20 Å². The fraction of sp³-hybridized carbons (Fsp3) is 0.308. The molecular formula is C13H13N5O3. The zero-order chi connectivity index (χ0) is 15.0. The SMILES string of the molecule is CC(C)c1noc(-c2ccn3c(CC(=O)O)nnc3c2)n1. The molecule has 1 N–H and O–H groups in total. The molecule has 0 saturated carbocycles. The summed E-state index contributed by atoms with van der Waals surface area (Å²) < 4.78 is 6.84. The van der Waals surface area contributed by atoms with Crippen molar-refractivity contribution in [2.24, 2.45) is 0 Å². The average Bonchev–Trinajstić information content (AvgIpc) is 3.05. The molecule has 0 aliphatic rings. The van der Waals surface area contributed by atoms with Crippen molar-refractivity contribution in [2.75, 3.05) is 0 Å². The van der Waals surface area contributed by atoms with Gasteiger partial charge in [0.25, 0.3) is 5.89 Å². The van der Waals surface area contributed by atoms with E-state index in [1.807, 2.05) is 13.8 Å². The first kappa shape index (κ1) is 13.2. The van der Waals surface area contributed by atoms with Crippen molar-refractivity contribution in [2.45, 2.75) is 26.2 Å². The van der Waals surface area contributed by atoms with E-state index in [-0.39, 0.29) is 12.3 Å². The molecule has 3 rings (SSSR count). The van der Waals surface area contributed by atoms with Crippen molar-refractivity contribution >= 4 is 11.6 Å². The quantitative estimate of drug-likeness (QED) is 0.775. The standard InChI is InChI=1S/C13H13N5O3/c1-7(2)12-14-13(21-17-12)8-3-4-18-9(5-8)15-16-10(18)6-11(19)20/h3-5,7H,6H2,1-2H3,(H,19,20). The van der Waals surface area contributed by atoms with Crippen molar-refractivity contribution in [1.82, 2.24) is 24.7 Å².